The summed E-state index contributed by atoms with van der Waals surface area (Å²) in [5, 5.41) is 7.94. The molecule has 1 aromatic carbocycles. The fourth-order valence-corrected chi connectivity index (χ4v) is 4.59. The number of hydrogen-bond donors (Lipinski definition) is 3. The summed E-state index contributed by atoms with van der Waals surface area (Å²) < 4.78 is 14.4. The lowest BCUT2D eigenvalue weighted by Gasteiger charge is -2.45. The molecule has 1 spiro atoms. The van der Waals surface area contributed by atoms with Crippen LogP contribution in [0.5, 0.6) is 0 Å². The quantitative estimate of drug-likeness (QED) is 0.722. The highest BCUT2D eigenvalue weighted by atomic mass is 19.1. The fraction of sp³-hybridized carbons (Fsp3) is 0.526. The van der Waals surface area contributed by atoms with Crippen molar-refractivity contribution in [2.45, 2.75) is 56.0 Å². The van der Waals surface area contributed by atoms with Gasteiger partial charge in [0.1, 0.15) is 11.4 Å². The molecule has 0 atom stereocenters. The van der Waals surface area contributed by atoms with Crippen LogP contribution in [0.25, 0.3) is 0 Å². The molecule has 138 valence electrons. The second kappa shape index (κ2) is 6.07. The van der Waals surface area contributed by atoms with E-state index in [9.17, 15) is 18.8 Å². The maximum absolute atomic E-state index is 14.4. The van der Waals surface area contributed by atoms with Gasteiger partial charge in [0, 0.05) is 11.5 Å². The first-order valence-electron chi connectivity index (χ1n) is 9.15. The molecule has 4 amide bonds. The minimum absolute atomic E-state index is 0.172. The van der Waals surface area contributed by atoms with Crippen molar-refractivity contribution in [3.63, 3.8) is 0 Å². The van der Waals surface area contributed by atoms with Gasteiger partial charge < -0.3 is 10.6 Å². The predicted octanol–water partition coefficient (Wildman–Crippen LogP) is 2.09. The number of benzene rings is 1. The summed E-state index contributed by atoms with van der Waals surface area (Å²) >= 11 is 0. The van der Waals surface area contributed by atoms with Crippen LogP contribution in [0, 0.1) is 11.7 Å². The fourth-order valence-electron chi connectivity index (χ4n) is 4.59. The highest BCUT2D eigenvalue weighted by molar-refractivity contribution is 6.08. The molecular weight excluding hydrogens is 337 g/mol. The standard InChI is InChI=1S/C19H22FN3O3/c20-14-7-3-2-6-13(14)18(8-4-1-5-9-18)22-15(24)12-10-19(11-12)16(25)21-17(26)23-19/h2-3,6-7,12H,1,4-5,8-11H2,(H,22,24)(H2,21,23,25,26). The van der Waals surface area contributed by atoms with Gasteiger partial charge in [0.25, 0.3) is 5.91 Å². The first-order chi connectivity index (χ1) is 12.4. The van der Waals surface area contributed by atoms with E-state index in [2.05, 4.69) is 16.0 Å². The average Bonchev–Trinajstić information content (AvgIpc) is 2.89. The Hall–Kier alpha value is -2.44. The molecule has 2 saturated carbocycles. The Morgan fingerprint density at radius 3 is 2.42 bits per heavy atom. The van der Waals surface area contributed by atoms with Crippen molar-refractivity contribution in [2.24, 2.45) is 5.92 Å². The van der Waals surface area contributed by atoms with Crippen molar-refractivity contribution in [1.29, 1.82) is 0 Å². The van der Waals surface area contributed by atoms with Crippen LogP contribution < -0.4 is 16.0 Å². The number of carbonyl (C=O) groups excluding carboxylic acids is 3. The minimum atomic E-state index is -0.948. The smallest absolute Gasteiger partial charge is 0.322 e. The summed E-state index contributed by atoms with van der Waals surface area (Å²) in [4.78, 5) is 36.1. The van der Waals surface area contributed by atoms with Crippen LogP contribution in [-0.4, -0.2) is 23.4 Å². The molecule has 26 heavy (non-hydrogen) atoms. The maximum atomic E-state index is 14.4. The van der Waals surface area contributed by atoms with Crippen LogP contribution in [0.3, 0.4) is 0 Å². The first kappa shape index (κ1) is 17.0. The van der Waals surface area contributed by atoms with Crippen molar-refractivity contribution in [3.05, 3.63) is 35.6 Å². The molecular formula is C19H22FN3O3. The van der Waals surface area contributed by atoms with Gasteiger partial charge in [-0.2, -0.15) is 0 Å². The lowest BCUT2D eigenvalue weighted by molar-refractivity contribution is -0.138. The van der Waals surface area contributed by atoms with Crippen LogP contribution >= 0.6 is 0 Å². The lowest BCUT2D eigenvalue weighted by atomic mass is 9.67. The monoisotopic (exact) mass is 359 g/mol. The van der Waals surface area contributed by atoms with Gasteiger partial charge in [-0.05, 0) is 31.7 Å². The second-order valence-electron chi connectivity index (χ2n) is 7.71. The van der Waals surface area contributed by atoms with Gasteiger partial charge in [-0.25, -0.2) is 9.18 Å². The molecule has 6 nitrogen and oxygen atoms in total. The van der Waals surface area contributed by atoms with Crippen molar-refractivity contribution in [2.75, 3.05) is 0 Å². The molecule has 3 aliphatic rings. The molecule has 1 heterocycles. The topological polar surface area (TPSA) is 87.3 Å². The summed E-state index contributed by atoms with van der Waals surface area (Å²) in [5.74, 6) is -1.20. The Balaban J connectivity index is 1.51. The minimum Gasteiger partial charge on any atom is -0.346 e. The van der Waals surface area contributed by atoms with E-state index in [1.807, 2.05) is 0 Å². The zero-order chi connectivity index (χ0) is 18.4. The van der Waals surface area contributed by atoms with Crippen molar-refractivity contribution in [1.82, 2.24) is 16.0 Å². The molecule has 2 aliphatic carbocycles. The van der Waals surface area contributed by atoms with E-state index in [0.29, 0.717) is 18.4 Å². The molecule has 0 radical (unpaired) electrons. The van der Waals surface area contributed by atoms with E-state index in [1.54, 1.807) is 18.2 Å². The number of amides is 4. The van der Waals surface area contributed by atoms with Crippen molar-refractivity contribution >= 4 is 17.8 Å². The summed E-state index contributed by atoms with van der Waals surface area (Å²) in [6, 6.07) is 6.10. The molecule has 0 bridgehead atoms. The van der Waals surface area contributed by atoms with Crippen LogP contribution in [-0.2, 0) is 15.1 Å². The number of urea groups is 1. The molecule has 1 saturated heterocycles. The largest absolute Gasteiger partial charge is 0.346 e. The lowest BCUT2D eigenvalue weighted by Crippen LogP contribution is -2.61. The zero-order valence-electron chi connectivity index (χ0n) is 14.4. The van der Waals surface area contributed by atoms with E-state index in [1.165, 1.54) is 6.07 Å². The zero-order valence-corrected chi connectivity index (χ0v) is 14.4. The van der Waals surface area contributed by atoms with Crippen LogP contribution in [0.1, 0.15) is 50.5 Å². The molecule has 7 heteroatoms. The van der Waals surface area contributed by atoms with E-state index in [0.717, 1.165) is 19.3 Å². The normalized spacial score (nSPS) is 29.7. The summed E-state index contributed by atoms with van der Waals surface area (Å²) in [5.41, 5.74) is -1.10. The Bertz CT molecular complexity index is 767. The number of hydrogen-bond acceptors (Lipinski definition) is 3. The Labute approximate surface area is 150 Å². The predicted molar refractivity (Wildman–Crippen MR) is 91.4 cm³/mol. The maximum Gasteiger partial charge on any atom is 0.322 e. The number of carbonyl (C=O) groups is 3. The number of halogens is 1. The number of nitrogens with one attached hydrogen (secondary N) is 3. The molecule has 3 fully saturated rings. The molecule has 0 aromatic heterocycles. The average molecular weight is 359 g/mol. The Morgan fingerprint density at radius 2 is 1.81 bits per heavy atom. The summed E-state index contributed by atoms with van der Waals surface area (Å²) in [7, 11) is 0. The van der Waals surface area contributed by atoms with Crippen molar-refractivity contribution in [3.8, 4) is 0 Å². The highest BCUT2D eigenvalue weighted by Crippen LogP contribution is 2.43. The van der Waals surface area contributed by atoms with E-state index < -0.39 is 17.1 Å². The van der Waals surface area contributed by atoms with Gasteiger partial charge in [-0.3, -0.25) is 14.9 Å². The van der Waals surface area contributed by atoms with E-state index >= 15 is 0 Å². The molecule has 1 aromatic rings. The highest BCUT2D eigenvalue weighted by Gasteiger charge is 2.57. The SMILES string of the molecule is O=C1NC(=O)C2(CC(C(=O)NC3(c4ccccc4F)CCCCC3)C2)N1. The molecule has 4 rings (SSSR count). The van der Waals surface area contributed by atoms with Crippen molar-refractivity contribution < 1.29 is 18.8 Å². The third kappa shape index (κ3) is 2.66. The number of rotatable bonds is 3. The summed E-state index contributed by atoms with van der Waals surface area (Å²) in [6.45, 7) is 0. The third-order valence-corrected chi connectivity index (χ3v) is 6.03. The number of imide groups is 1. The van der Waals surface area contributed by atoms with E-state index in [-0.39, 0.29) is 36.4 Å². The Kier molecular flexibility index (Phi) is 3.97. The van der Waals surface area contributed by atoms with E-state index in [4.69, 9.17) is 0 Å². The van der Waals surface area contributed by atoms with Crippen LogP contribution in [0.2, 0.25) is 0 Å². The van der Waals surface area contributed by atoms with Gasteiger partial charge in [0.15, 0.2) is 0 Å². The molecule has 0 unspecified atom stereocenters. The van der Waals surface area contributed by atoms with Gasteiger partial charge in [0.2, 0.25) is 5.91 Å². The van der Waals surface area contributed by atoms with Gasteiger partial charge >= 0.3 is 6.03 Å². The summed E-state index contributed by atoms with van der Waals surface area (Å²) in [6.07, 6.45) is 4.91. The van der Waals surface area contributed by atoms with Gasteiger partial charge in [0.05, 0.1) is 5.54 Å². The third-order valence-electron chi connectivity index (χ3n) is 6.03. The molecule has 3 N–H and O–H groups in total. The Morgan fingerprint density at radius 1 is 1.12 bits per heavy atom. The van der Waals surface area contributed by atoms with Gasteiger partial charge in [-0.15, -0.1) is 0 Å². The van der Waals surface area contributed by atoms with Gasteiger partial charge in [-0.1, -0.05) is 37.5 Å². The first-order valence-corrected chi connectivity index (χ1v) is 9.15. The second-order valence-corrected chi connectivity index (χ2v) is 7.71. The molecule has 1 aliphatic heterocycles. The van der Waals surface area contributed by atoms with Crippen LogP contribution in [0.4, 0.5) is 9.18 Å². The van der Waals surface area contributed by atoms with Crippen LogP contribution in [0.15, 0.2) is 24.3 Å².